The first-order valence-electron chi connectivity index (χ1n) is 9.16. The molecular formula is C21H23N3O5. The third-order valence-corrected chi connectivity index (χ3v) is 4.96. The summed E-state index contributed by atoms with van der Waals surface area (Å²) in [4.78, 5) is 39.1. The van der Waals surface area contributed by atoms with Gasteiger partial charge < -0.3 is 20.1 Å². The maximum Gasteiger partial charge on any atom is 0.325 e. The number of benzene rings is 2. The Balaban J connectivity index is 1.79. The quantitative estimate of drug-likeness (QED) is 0.700. The van der Waals surface area contributed by atoms with E-state index in [2.05, 4.69) is 10.6 Å². The molecular weight excluding hydrogens is 374 g/mol. The number of methoxy groups -OCH3 is 2. The first kappa shape index (κ1) is 20.2. The van der Waals surface area contributed by atoms with Crippen molar-refractivity contribution in [3.05, 3.63) is 54.1 Å². The summed E-state index contributed by atoms with van der Waals surface area (Å²) in [5, 5.41) is 5.43. The summed E-state index contributed by atoms with van der Waals surface area (Å²) in [5.41, 5.74) is -0.112. The number of nitrogens with zero attached hydrogens (tertiary/aromatic N) is 1. The van der Waals surface area contributed by atoms with Crippen molar-refractivity contribution in [3.63, 3.8) is 0 Å². The van der Waals surface area contributed by atoms with E-state index in [1.165, 1.54) is 14.2 Å². The average Bonchev–Trinajstić information content (AvgIpc) is 2.99. The molecule has 0 spiro atoms. The molecule has 1 heterocycles. The summed E-state index contributed by atoms with van der Waals surface area (Å²) in [6.45, 7) is 1.40. The lowest BCUT2D eigenvalue weighted by molar-refractivity contribution is -0.134. The van der Waals surface area contributed by atoms with Crippen LogP contribution in [0, 0.1) is 0 Å². The van der Waals surface area contributed by atoms with Crippen molar-refractivity contribution in [2.75, 3.05) is 26.1 Å². The van der Waals surface area contributed by atoms with Gasteiger partial charge in [0.05, 0.1) is 19.9 Å². The topological polar surface area (TPSA) is 97.0 Å². The summed E-state index contributed by atoms with van der Waals surface area (Å²) < 4.78 is 10.4. The number of carbonyl (C=O) groups excluding carboxylic acids is 3. The lowest BCUT2D eigenvalue weighted by atomic mass is 9.87. The molecule has 0 aliphatic carbocycles. The van der Waals surface area contributed by atoms with Gasteiger partial charge in [0.2, 0.25) is 5.91 Å². The Morgan fingerprint density at radius 2 is 1.83 bits per heavy atom. The van der Waals surface area contributed by atoms with Crippen molar-refractivity contribution in [3.8, 4) is 11.5 Å². The van der Waals surface area contributed by atoms with Gasteiger partial charge in [0.15, 0.2) is 0 Å². The number of nitrogens with one attached hydrogen (secondary N) is 2. The second-order valence-corrected chi connectivity index (χ2v) is 6.56. The average molecular weight is 397 g/mol. The molecule has 2 N–H and O–H groups in total. The predicted molar refractivity (Wildman–Crippen MR) is 107 cm³/mol. The Kier molecular flexibility index (Phi) is 5.72. The molecule has 0 bridgehead atoms. The third kappa shape index (κ3) is 3.73. The van der Waals surface area contributed by atoms with Crippen molar-refractivity contribution >= 4 is 23.5 Å². The van der Waals surface area contributed by atoms with Crippen molar-refractivity contribution in [1.82, 2.24) is 10.2 Å². The van der Waals surface area contributed by atoms with Crippen LogP contribution in [0.2, 0.25) is 0 Å². The van der Waals surface area contributed by atoms with Crippen LogP contribution in [0.4, 0.5) is 10.5 Å². The molecule has 1 saturated heterocycles. The molecule has 8 heteroatoms. The highest BCUT2D eigenvalue weighted by atomic mass is 16.5. The van der Waals surface area contributed by atoms with E-state index in [1.807, 2.05) is 13.0 Å². The molecule has 0 radical (unpaired) electrons. The Bertz CT molecular complexity index is 931. The standard InChI is InChI=1S/C21H23N3O5/c1-4-21(14-8-6-5-7-9-14)19(26)24(20(27)23-21)13-18(25)22-16-12-15(28-2)10-11-17(16)29-3/h5-12H,4,13H2,1-3H3,(H,22,25)(H,23,27). The number of rotatable bonds is 7. The van der Waals surface area contributed by atoms with Crippen LogP contribution in [0.25, 0.3) is 0 Å². The fraction of sp³-hybridized carbons (Fsp3) is 0.286. The van der Waals surface area contributed by atoms with Gasteiger partial charge in [-0.25, -0.2) is 4.79 Å². The first-order valence-corrected chi connectivity index (χ1v) is 9.16. The third-order valence-electron chi connectivity index (χ3n) is 4.96. The first-order chi connectivity index (χ1) is 13.9. The molecule has 1 aliphatic heterocycles. The van der Waals surface area contributed by atoms with Crippen LogP contribution in [-0.2, 0) is 15.1 Å². The summed E-state index contributed by atoms with van der Waals surface area (Å²) in [7, 11) is 2.99. The summed E-state index contributed by atoms with van der Waals surface area (Å²) >= 11 is 0. The SMILES string of the molecule is CCC1(c2ccccc2)NC(=O)N(CC(=O)Nc2cc(OC)ccc2OC)C1=O. The van der Waals surface area contributed by atoms with Gasteiger partial charge in [-0.2, -0.15) is 0 Å². The number of urea groups is 1. The maximum absolute atomic E-state index is 13.1. The minimum absolute atomic E-state index is 0.364. The largest absolute Gasteiger partial charge is 0.497 e. The Morgan fingerprint density at radius 3 is 2.45 bits per heavy atom. The molecule has 3 rings (SSSR count). The van der Waals surface area contributed by atoms with Crippen molar-refractivity contribution in [2.45, 2.75) is 18.9 Å². The van der Waals surface area contributed by atoms with Gasteiger partial charge in [-0.15, -0.1) is 0 Å². The molecule has 1 aliphatic rings. The number of anilines is 1. The van der Waals surface area contributed by atoms with E-state index in [9.17, 15) is 14.4 Å². The molecule has 4 amide bonds. The van der Waals surface area contributed by atoms with E-state index >= 15 is 0 Å². The van der Waals surface area contributed by atoms with Crippen LogP contribution < -0.4 is 20.1 Å². The fourth-order valence-corrected chi connectivity index (χ4v) is 3.38. The molecule has 0 saturated carbocycles. The zero-order chi connectivity index (χ0) is 21.0. The van der Waals surface area contributed by atoms with Gasteiger partial charge in [-0.3, -0.25) is 14.5 Å². The fourth-order valence-electron chi connectivity index (χ4n) is 3.38. The molecule has 2 aromatic carbocycles. The zero-order valence-electron chi connectivity index (χ0n) is 16.5. The van der Waals surface area contributed by atoms with E-state index in [-0.39, 0.29) is 0 Å². The number of hydrogen-bond acceptors (Lipinski definition) is 5. The molecule has 1 unspecified atom stereocenters. The summed E-state index contributed by atoms with van der Waals surface area (Å²) in [5.74, 6) is -0.0160. The highest BCUT2D eigenvalue weighted by Crippen LogP contribution is 2.33. The van der Waals surface area contributed by atoms with E-state index in [0.717, 1.165) is 4.90 Å². The van der Waals surface area contributed by atoms with E-state index in [4.69, 9.17) is 9.47 Å². The number of amides is 4. The number of hydrogen-bond donors (Lipinski definition) is 2. The highest BCUT2D eigenvalue weighted by Gasteiger charge is 2.51. The van der Waals surface area contributed by atoms with Crippen LogP contribution >= 0.6 is 0 Å². The van der Waals surface area contributed by atoms with Gasteiger partial charge in [0, 0.05) is 6.07 Å². The predicted octanol–water partition coefficient (Wildman–Crippen LogP) is 2.50. The lowest BCUT2D eigenvalue weighted by Gasteiger charge is -2.25. The van der Waals surface area contributed by atoms with Crippen LogP contribution in [-0.4, -0.2) is 43.5 Å². The van der Waals surface area contributed by atoms with Gasteiger partial charge >= 0.3 is 6.03 Å². The molecule has 152 valence electrons. The van der Waals surface area contributed by atoms with Gasteiger partial charge in [-0.1, -0.05) is 37.3 Å². The molecule has 1 atom stereocenters. The van der Waals surface area contributed by atoms with E-state index in [0.29, 0.717) is 29.2 Å². The molecule has 1 fully saturated rings. The van der Waals surface area contributed by atoms with Crippen molar-refractivity contribution < 1.29 is 23.9 Å². The highest BCUT2D eigenvalue weighted by molar-refractivity contribution is 6.10. The van der Waals surface area contributed by atoms with Crippen LogP contribution in [0.1, 0.15) is 18.9 Å². The molecule has 29 heavy (non-hydrogen) atoms. The minimum Gasteiger partial charge on any atom is -0.497 e. The Morgan fingerprint density at radius 1 is 1.10 bits per heavy atom. The number of carbonyl (C=O) groups is 3. The molecule has 2 aromatic rings. The summed E-state index contributed by atoms with van der Waals surface area (Å²) in [6, 6.07) is 13.4. The minimum atomic E-state index is -1.17. The number of imide groups is 1. The van der Waals surface area contributed by atoms with Crippen LogP contribution in [0.15, 0.2) is 48.5 Å². The van der Waals surface area contributed by atoms with E-state index < -0.39 is 29.9 Å². The van der Waals surface area contributed by atoms with E-state index in [1.54, 1.807) is 42.5 Å². The zero-order valence-corrected chi connectivity index (χ0v) is 16.5. The lowest BCUT2D eigenvalue weighted by Crippen LogP contribution is -2.44. The second-order valence-electron chi connectivity index (χ2n) is 6.56. The Labute approximate surface area is 168 Å². The number of ether oxygens (including phenoxy) is 2. The molecule has 8 nitrogen and oxygen atoms in total. The van der Waals surface area contributed by atoms with Gasteiger partial charge in [0.1, 0.15) is 23.6 Å². The van der Waals surface area contributed by atoms with Crippen molar-refractivity contribution in [1.29, 1.82) is 0 Å². The smallest absolute Gasteiger partial charge is 0.325 e. The van der Waals surface area contributed by atoms with Gasteiger partial charge in [0.25, 0.3) is 5.91 Å². The van der Waals surface area contributed by atoms with Gasteiger partial charge in [-0.05, 0) is 24.1 Å². The van der Waals surface area contributed by atoms with Crippen molar-refractivity contribution in [2.24, 2.45) is 0 Å². The second kappa shape index (κ2) is 8.22. The van der Waals surface area contributed by atoms with Crippen LogP contribution in [0.3, 0.4) is 0 Å². The van der Waals surface area contributed by atoms with Crippen LogP contribution in [0.5, 0.6) is 11.5 Å². The Hall–Kier alpha value is -3.55. The maximum atomic E-state index is 13.1. The molecule has 0 aromatic heterocycles. The normalized spacial score (nSPS) is 18.4. The monoisotopic (exact) mass is 397 g/mol. The summed E-state index contributed by atoms with van der Waals surface area (Å²) in [6.07, 6.45) is 0.364.